The van der Waals surface area contributed by atoms with Crippen LogP contribution in [0.2, 0.25) is 0 Å². The number of carbonyl (C=O) groups is 1. The van der Waals surface area contributed by atoms with E-state index in [0.29, 0.717) is 12.0 Å². The topological polar surface area (TPSA) is 70.7 Å². The van der Waals surface area contributed by atoms with Gasteiger partial charge in [-0.15, -0.1) is 0 Å². The number of nitrogens with zero attached hydrogens (tertiary/aromatic N) is 2. The van der Waals surface area contributed by atoms with Crippen LogP contribution in [0, 0.1) is 6.92 Å². The lowest BCUT2D eigenvalue weighted by Gasteiger charge is -2.36. The van der Waals surface area contributed by atoms with Gasteiger partial charge in [0.2, 0.25) is 0 Å². The van der Waals surface area contributed by atoms with Crippen molar-refractivity contribution in [2.75, 3.05) is 4.90 Å². The zero-order chi connectivity index (χ0) is 18.0. The number of thiocarbonyl (C=S) groups is 1. The Balaban J connectivity index is 2.06. The van der Waals surface area contributed by atoms with Gasteiger partial charge in [0.05, 0.1) is 11.4 Å². The second-order valence-electron chi connectivity index (χ2n) is 6.15. The molecular weight excluding hydrogens is 332 g/mol. The van der Waals surface area contributed by atoms with Crippen LogP contribution in [0.5, 0.6) is 0 Å². The number of rotatable bonds is 2. The Morgan fingerprint density at radius 3 is 2.68 bits per heavy atom. The molecule has 0 radical (unpaired) electrons. The van der Waals surface area contributed by atoms with E-state index in [0.717, 1.165) is 22.5 Å². The summed E-state index contributed by atoms with van der Waals surface area (Å²) in [4.78, 5) is 14.9. The molecule has 3 N–H and O–H groups in total. The van der Waals surface area contributed by atoms with Crippen LogP contribution in [-0.2, 0) is 0 Å². The molecule has 1 amide bonds. The smallest absolute Gasteiger partial charge is 0.258 e. The van der Waals surface area contributed by atoms with E-state index in [2.05, 4.69) is 10.5 Å². The average Bonchev–Trinajstić information content (AvgIpc) is 2.60. The number of hydrogen-bond donors (Lipinski definition) is 2. The predicted molar refractivity (Wildman–Crippen MR) is 105 cm³/mol. The maximum atomic E-state index is 13.1. The fourth-order valence-electron chi connectivity index (χ4n) is 3.07. The van der Waals surface area contributed by atoms with Crippen LogP contribution < -0.4 is 16.1 Å². The highest BCUT2D eigenvalue weighted by molar-refractivity contribution is 7.80. The van der Waals surface area contributed by atoms with E-state index in [1.54, 1.807) is 0 Å². The molecular formula is C19H20N4OS. The molecule has 0 aliphatic carbocycles. The molecule has 0 fully saturated rings. The fourth-order valence-corrected chi connectivity index (χ4v) is 3.11. The summed E-state index contributed by atoms with van der Waals surface area (Å²) < 4.78 is 0. The van der Waals surface area contributed by atoms with Crippen molar-refractivity contribution in [2.24, 2.45) is 10.8 Å². The van der Waals surface area contributed by atoms with Crippen LogP contribution in [0.25, 0.3) is 0 Å². The van der Waals surface area contributed by atoms with E-state index in [4.69, 9.17) is 18.0 Å². The lowest BCUT2D eigenvalue weighted by Crippen LogP contribution is -2.44. The van der Waals surface area contributed by atoms with Gasteiger partial charge in [0.25, 0.3) is 5.91 Å². The lowest BCUT2D eigenvalue weighted by molar-refractivity contribution is 0.0978. The first-order chi connectivity index (χ1) is 12.0. The third-order valence-corrected chi connectivity index (χ3v) is 4.28. The molecule has 3 rings (SSSR count). The molecule has 6 heteroatoms. The Bertz CT molecular complexity index is 848. The molecule has 0 saturated carbocycles. The second-order valence-corrected chi connectivity index (χ2v) is 6.59. The Morgan fingerprint density at radius 2 is 2.00 bits per heavy atom. The summed E-state index contributed by atoms with van der Waals surface area (Å²) in [5.74, 6) is -0.0143. The third kappa shape index (κ3) is 3.53. The number of hydrogen-bond acceptors (Lipinski definition) is 3. The predicted octanol–water partition coefficient (Wildman–Crippen LogP) is 2.97. The number of carbonyl (C=O) groups excluding carboxylic acids is 1. The summed E-state index contributed by atoms with van der Waals surface area (Å²) in [5, 5.41) is 4.47. The summed E-state index contributed by atoms with van der Waals surface area (Å²) >= 11 is 4.84. The van der Waals surface area contributed by atoms with Crippen molar-refractivity contribution >= 4 is 34.6 Å². The van der Waals surface area contributed by atoms with Gasteiger partial charge in [-0.25, -0.2) is 0 Å². The highest BCUT2D eigenvalue weighted by Crippen LogP contribution is 2.33. The Morgan fingerprint density at radius 1 is 1.28 bits per heavy atom. The minimum Gasteiger partial charge on any atom is -0.375 e. The Hall–Kier alpha value is -2.73. The first-order valence-electron chi connectivity index (χ1n) is 8.09. The molecule has 128 valence electrons. The molecule has 2 aromatic carbocycles. The maximum Gasteiger partial charge on any atom is 0.258 e. The molecule has 2 aromatic rings. The van der Waals surface area contributed by atoms with E-state index in [1.165, 1.54) is 0 Å². The van der Waals surface area contributed by atoms with Crippen LogP contribution in [0.15, 0.2) is 53.6 Å². The summed E-state index contributed by atoms with van der Waals surface area (Å²) in [6.07, 6.45) is 0.616. The van der Waals surface area contributed by atoms with Gasteiger partial charge in [-0.2, -0.15) is 5.10 Å². The normalized spacial score (nSPS) is 17.9. The molecule has 0 aromatic heterocycles. The number of nitrogens with one attached hydrogen (secondary N) is 1. The molecule has 0 saturated heterocycles. The molecule has 1 aliphatic heterocycles. The number of amides is 1. The zero-order valence-corrected chi connectivity index (χ0v) is 15.0. The summed E-state index contributed by atoms with van der Waals surface area (Å²) in [7, 11) is 0. The minimum absolute atomic E-state index is 0.0143. The Kier molecular flexibility index (Phi) is 4.81. The van der Waals surface area contributed by atoms with E-state index in [1.807, 2.05) is 67.3 Å². The number of anilines is 1. The quantitative estimate of drug-likeness (QED) is 0.644. The highest BCUT2D eigenvalue weighted by atomic mass is 32.1. The zero-order valence-electron chi connectivity index (χ0n) is 14.2. The van der Waals surface area contributed by atoms with E-state index in [9.17, 15) is 4.79 Å². The fraction of sp³-hybridized carbons (Fsp3) is 0.211. The largest absolute Gasteiger partial charge is 0.375 e. The molecule has 5 nitrogen and oxygen atoms in total. The van der Waals surface area contributed by atoms with Crippen molar-refractivity contribution in [3.63, 3.8) is 0 Å². The van der Waals surface area contributed by atoms with Crippen molar-refractivity contribution in [1.82, 2.24) is 5.43 Å². The maximum absolute atomic E-state index is 13.1. The van der Waals surface area contributed by atoms with Crippen molar-refractivity contribution < 1.29 is 4.79 Å². The molecule has 0 bridgehead atoms. The number of benzene rings is 2. The van der Waals surface area contributed by atoms with Crippen molar-refractivity contribution in [3.05, 3.63) is 65.2 Å². The second kappa shape index (κ2) is 7.03. The molecule has 1 aliphatic rings. The first kappa shape index (κ1) is 17.1. The van der Waals surface area contributed by atoms with E-state index < -0.39 is 0 Å². The number of aryl methyl sites for hydroxylation is 1. The molecule has 25 heavy (non-hydrogen) atoms. The summed E-state index contributed by atoms with van der Waals surface area (Å²) in [6.45, 7) is 4.03. The van der Waals surface area contributed by atoms with Gasteiger partial charge in [-0.05, 0) is 50.3 Å². The number of nitrogens with two attached hydrogens (primary N) is 1. The van der Waals surface area contributed by atoms with Gasteiger partial charge in [0, 0.05) is 23.6 Å². The van der Waals surface area contributed by atoms with Crippen LogP contribution in [0.1, 0.15) is 34.8 Å². The van der Waals surface area contributed by atoms with Crippen molar-refractivity contribution in [2.45, 2.75) is 26.3 Å². The highest BCUT2D eigenvalue weighted by Gasteiger charge is 2.32. The van der Waals surface area contributed by atoms with Crippen LogP contribution >= 0.6 is 12.2 Å². The van der Waals surface area contributed by atoms with E-state index in [-0.39, 0.29) is 17.1 Å². The van der Waals surface area contributed by atoms with Gasteiger partial charge in [0.15, 0.2) is 5.11 Å². The molecule has 0 spiro atoms. The van der Waals surface area contributed by atoms with Crippen LogP contribution in [0.4, 0.5) is 5.69 Å². The first-order valence-corrected chi connectivity index (χ1v) is 8.50. The van der Waals surface area contributed by atoms with Gasteiger partial charge >= 0.3 is 0 Å². The monoisotopic (exact) mass is 352 g/mol. The standard InChI is InChI=1S/C19H20N4OS/c1-12-8-9-17-15(10-12)16(21-22-19(20)25)11-13(2)23(17)18(24)14-6-4-3-5-7-14/h3-10,13H,11H2,1-2H3,(H3,20,22,25)/b21-16-/t13-/m0/s1. The molecule has 1 atom stereocenters. The summed E-state index contributed by atoms with van der Waals surface area (Å²) in [5.41, 5.74) is 12.5. The number of hydrazone groups is 1. The minimum atomic E-state index is -0.0326. The third-order valence-electron chi connectivity index (χ3n) is 4.19. The number of fused-ring (bicyclic) bond motifs is 1. The van der Waals surface area contributed by atoms with Gasteiger partial charge < -0.3 is 10.6 Å². The van der Waals surface area contributed by atoms with Crippen molar-refractivity contribution in [1.29, 1.82) is 0 Å². The van der Waals surface area contributed by atoms with E-state index >= 15 is 0 Å². The van der Waals surface area contributed by atoms with Crippen LogP contribution in [-0.4, -0.2) is 22.8 Å². The molecule has 0 unspecified atom stereocenters. The lowest BCUT2D eigenvalue weighted by atomic mass is 9.92. The van der Waals surface area contributed by atoms with Crippen LogP contribution in [0.3, 0.4) is 0 Å². The van der Waals surface area contributed by atoms with Gasteiger partial charge in [-0.3, -0.25) is 10.2 Å². The SMILES string of the molecule is Cc1ccc2c(c1)/C(=N\NC(N)=S)C[C@H](C)N2C(=O)c1ccccc1. The summed E-state index contributed by atoms with van der Waals surface area (Å²) in [6, 6.07) is 15.3. The van der Waals surface area contributed by atoms with Crippen molar-refractivity contribution in [3.8, 4) is 0 Å². The average molecular weight is 352 g/mol. The molecule has 1 heterocycles. The van der Waals surface area contributed by atoms with Gasteiger partial charge in [0.1, 0.15) is 0 Å². The van der Waals surface area contributed by atoms with Gasteiger partial charge in [-0.1, -0.05) is 29.8 Å². The Labute approximate surface area is 152 Å².